The van der Waals surface area contributed by atoms with Crippen LogP contribution in [0.3, 0.4) is 0 Å². The highest BCUT2D eigenvalue weighted by molar-refractivity contribution is 7.95. The molecule has 0 saturated carbocycles. The SMILES string of the molecule is O=C(O)NCCc1cc(-c2cccnc2F)c(S(=O)(=O)c2nccs2)s1. The first-order valence-corrected chi connectivity index (χ1v) is 10.4. The maximum absolute atomic E-state index is 14.1. The number of thiophene rings is 1. The van der Waals surface area contributed by atoms with E-state index in [1.165, 1.54) is 24.5 Å². The van der Waals surface area contributed by atoms with Crippen LogP contribution in [0.15, 0.2) is 44.5 Å². The number of halogens is 1. The van der Waals surface area contributed by atoms with E-state index in [2.05, 4.69) is 15.3 Å². The maximum atomic E-state index is 14.1. The molecular formula is C15H12FN3O4S3. The van der Waals surface area contributed by atoms with Gasteiger partial charge in [0.2, 0.25) is 20.1 Å². The predicted molar refractivity (Wildman–Crippen MR) is 94.8 cm³/mol. The number of carbonyl (C=O) groups is 1. The molecule has 0 saturated heterocycles. The summed E-state index contributed by atoms with van der Waals surface area (Å²) in [5, 5.41) is 12.4. The van der Waals surface area contributed by atoms with Crippen molar-refractivity contribution < 1.29 is 22.7 Å². The normalized spacial score (nSPS) is 11.4. The van der Waals surface area contributed by atoms with Crippen molar-refractivity contribution in [3.05, 3.63) is 46.8 Å². The van der Waals surface area contributed by atoms with E-state index in [-0.39, 0.29) is 32.6 Å². The second-order valence-corrected chi connectivity index (χ2v) is 9.39. The largest absolute Gasteiger partial charge is 0.465 e. The van der Waals surface area contributed by atoms with E-state index in [9.17, 15) is 17.6 Å². The third-order valence-electron chi connectivity index (χ3n) is 3.33. The molecule has 1 amide bonds. The number of rotatable bonds is 6. The third kappa shape index (κ3) is 3.74. The summed E-state index contributed by atoms with van der Waals surface area (Å²) in [6.45, 7) is 0.113. The van der Waals surface area contributed by atoms with Crippen molar-refractivity contribution in [3.8, 4) is 11.1 Å². The molecule has 7 nitrogen and oxygen atoms in total. The van der Waals surface area contributed by atoms with Gasteiger partial charge in [-0.25, -0.2) is 23.2 Å². The van der Waals surface area contributed by atoms with Crippen LogP contribution in [0.4, 0.5) is 9.18 Å². The average Bonchev–Trinajstić information content (AvgIpc) is 3.25. The Morgan fingerprint density at radius 2 is 2.08 bits per heavy atom. The van der Waals surface area contributed by atoms with E-state index in [0.29, 0.717) is 4.88 Å². The highest BCUT2D eigenvalue weighted by atomic mass is 32.3. The van der Waals surface area contributed by atoms with Crippen LogP contribution in [0.25, 0.3) is 11.1 Å². The molecule has 0 unspecified atom stereocenters. The van der Waals surface area contributed by atoms with Gasteiger partial charge in [-0.2, -0.15) is 4.39 Å². The Kier molecular flexibility index (Phi) is 5.30. The number of nitrogens with one attached hydrogen (secondary N) is 1. The third-order valence-corrected chi connectivity index (χ3v) is 8.01. The van der Waals surface area contributed by atoms with Crippen LogP contribution in [-0.2, 0) is 16.3 Å². The zero-order chi connectivity index (χ0) is 18.7. The van der Waals surface area contributed by atoms with Crippen LogP contribution in [0.5, 0.6) is 0 Å². The molecule has 3 aromatic heterocycles. The molecule has 0 radical (unpaired) electrons. The lowest BCUT2D eigenvalue weighted by molar-refractivity contribution is 0.194. The number of aromatic nitrogens is 2. The molecule has 0 spiro atoms. The quantitative estimate of drug-likeness (QED) is 0.601. The summed E-state index contributed by atoms with van der Waals surface area (Å²) in [4.78, 5) is 18.6. The van der Waals surface area contributed by atoms with Gasteiger partial charge >= 0.3 is 6.09 Å². The fraction of sp³-hybridized carbons (Fsp3) is 0.133. The van der Waals surface area contributed by atoms with Crippen LogP contribution in [0.2, 0.25) is 0 Å². The van der Waals surface area contributed by atoms with Gasteiger partial charge in [0, 0.05) is 40.3 Å². The minimum atomic E-state index is -3.92. The van der Waals surface area contributed by atoms with Gasteiger partial charge in [0.15, 0.2) is 0 Å². The topological polar surface area (TPSA) is 109 Å². The molecule has 11 heteroatoms. The monoisotopic (exact) mass is 413 g/mol. The summed E-state index contributed by atoms with van der Waals surface area (Å²) in [6, 6.07) is 4.51. The van der Waals surface area contributed by atoms with Crippen molar-refractivity contribution in [3.63, 3.8) is 0 Å². The summed E-state index contributed by atoms with van der Waals surface area (Å²) in [6.07, 6.45) is 1.76. The van der Waals surface area contributed by atoms with E-state index >= 15 is 0 Å². The Bertz CT molecular complexity index is 1030. The minimum absolute atomic E-state index is 0.0373. The molecular weight excluding hydrogens is 401 g/mol. The van der Waals surface area contributed by atoms with E-state index in [1.807, 2.05) is 0 Å². The number of nitrogens with zero attached hydrogens (tertiary/aromatic N) is 2. The van der Waals surface area contributed by atoms with Gasteiger partial charge in [-0.3, -0.25) is 0 Å². The lowest BCUT2D eigenvalue weighted by atomic mass is 10.1. The first kappa shape index (κ1) is 18.4. The molecule has 3 aromatic rings. The smallest absolute Gasteiger partial charge is 0.404 e. The molecule has 0 bridgehead atoms. The van der Waals surface area contributed by atoms with Crippen LogP contribution in [0, 0.1) is 5.95 Å². The molecule has 0 aliphatic heterocycles. The molecule has 0 aliphatic carbocycles. The van der Waals surface area contributed by atoms with Crippen molar-refractivity contribution in [1.82, 2.24) is 15.3 Å². The number of hydrogen-bond acceptors (Lipinski definition) is 7. The number of thiazole rings is 1. The maximum Gasteiger partial charge on any atom is 0.404 e. The van der Waals surface area contributed by atoms with Crippen molar-refractivity contribution in [1.29, 1.82) is 0 Å². The highest BCUT2D eigenvalue weighted by Crippen LogP contribution is 2.39. The summed E-state index contributed by atoms with van der Waals surface area (Å²) in [7, 11) is -3.92. The Morgan fingerprint density at radius 3 is 2.73 bits per heavy atom. The van der Waals surface area contributed by atoms with Gasteiger partial charge in [-0.05, 0) is 24.6 Å². The highest BCUT2D eigenvalue weighted by Gasteiger charge is 2.28. The van der Waals surface area contributed by atoms with E-state index in [1.54, 1.807) is 11.4 Å². The lowest BCUT2D eigenvalue weighted by Crippen LogP contribution is -2.22. The Hall–Kier alpha value is -2.37. The lowest BCUT2D eigenvalue weighted by Gasteiger charge is -2.04. The van der Waals surface area contributed by atoms with Gasteiger partial charge in [0.1, 0.15) is 4.21 Å². The minimum Gasteiger partial charge on any atom is -0.465 e. The zero-order valence-corrected chi connectivity index (χ0v) is 15.5. The number of carboxylic acid groups (broad SMARTS) is 1. The molecule has 3 heterocycles. The Balaban J connectivity index is 2.08. The number of hydrogen-bond donors (Lipinski definition) is 2. The van der Waals surface area contributed by atoms with Gasteiger partial charge in [-0.1, -0.05) is 0 Å². The van der Waals surface area contributed by atoms with Crippen molar-refractivity contribution in [2.45, 2.75) is 15.0 Å². The summed E-state index contributed by atoms with van der Waals surface area (Å²) >= 11 is 1.94. The van der Waals surface area contributed by atoms with Crippen LogP contribution in [-0.4, -0.2) is 36.1 Å². The Labute approximate surface area is 156 Å². The second-order valence-electron chi connectivity index (χ2n) is 5.04. The summed E-state index contributed by atoms with van der Waals surface area (Å²) < 4.78 is 39.8. The van der Waals surface area contributed by atoms with Crippen molar-refractivity contribution >= 4 is 38.6 Å². The van der Waals surface area contributed by atoms with E-state index in [4.69, 9.17) is 5.11 Å². The van der Waals surface area contributed by atoms with Crippen molar-refractivity contribution in [2.75, 3.05) is 6.54 Å². The zero-order valence-electron chi connectivity index (χ0n) is 13.0. The van der Waals surface area contributed by atoms with Crippen molar-refractivity contribution in [2.24, 2.45) is 0 Å². The van der Waals surface area contributed by atoms with E-state index < -0.39 is 21.9 Å². The standard InChI is InChI=1S/C15H12FN3O4S3/c16-12-10(2-1-4-17-12)11-8-9(3-5-18-14(20)21)25-13(11)26(22,23)15-19-6-7-24-15/h1-2,4,6-8,18H,3,5H2,(H,20,21). The number of amides is 1. The van der Waals surface area contributed by atoms with Crippen LogP contribution in [0.1, 0.15) is 4.88 Å². The second kappa shape index (κ2) is 7.48. The van der Waals surface area contributed by atoms with Gasteiger partial charge in [0.25, 0.3) is 0 Å². The fourth-order valence-corrected chi connectivity index (χ4v) is 6.39. The molecule has 0 fully saturated rings. The Morgan fingerprint density at radius 1 is 1.27 bits per heavy atom. The summed E-state index contributed by atoms with van der Waals surface area (Å²) in [5.74, 6) is -0.781. The fourth-order valence-electron chi connectivity index (χ4n) is 2.24. The predicted octanol–water partition coefficient (Wildman–Crippen LogP) is 3.05. The first-order chi connectivity index (χ1) is 12.4. The molecule has 0 aliphatic rings. The molecule has 0 aromatic carbocycles. The van der Waals surface area contributed by atoms with Gasteiger partial charge in [0.05, 0.1) is 0 Å². The molecule has 2 N–H and O–H groups in total. The average molecular weight is 413 g/mol. The molecule has 136 valence electrons. The molecule has 3 rings (SSSR count). The van der Waals surface area contributed by atoms with Crippen LogP contribution >= 0.6 is 22.7 Å². The molecule has 26 heavy (non-hydrogen) atoms. The number of pyridine rings is 1. The van der Waals surface area contributed by atoms with E-state index in [0.717, 1.165) is 22.7 Å². The number of sulfone groups is 1. The molecule has 0 atom stereocenters. The first-order valence-electron chi connectivity index (χ1n) is 7.24. The van der Waals surface area contributed by atoms with Gasteiger partial charge in [-0.15, -0.1) is 22.7 Å². The summed E-state index contributed by atoms with van der Waals surface area (Å²) in [5.41, 5.74) is 0.262. The van der Waals surface area contributed by atoms with Crippen LogP contribution < -0.4 is 5.32 Å². The van der Waals surface area contributed by atoms with Gasteiger partial charge < -0.3 is 10.4 Å².